The van der Waals surface area contributed by atoms with E-state index in [1.165, 1.54) is 4.90 Å². The molecule has 2 amide bonds. The van der Waals surface area contributed by atoms with Crippen LogP contribution in [0.2, 0.25) is 5.02 Å². The van der Waals surface area contributed by atoms with Crippen LogP contribution in [0.15, 0.2) is 72.1 Å². The van der Waals surface area contributed by atoms with Gasteiger partial charge in [-0.05, 0) is 45.0 Å². The summed E-state index contributed by atoms with van der Waals surface area (Å²) in [7, 11) is 1.62. The lowest BCUT2D eigenvalue weighted by Crippen LogP contribution is -2.46. The standard InChI is InChI=1S/C25H25ClN4O3/c1-15(2)33-24(31)21-16(3)29(4)25(32)27-23(21)20-14-30(19-8-6-5-7-9-19)28-22(20)17-10-12-18(26)13-11-17/h5-15,23H,1-4H3,(H,27,32)/t23-/m0/s1. The lowest BCUT2D eigenvalue weighted by molar-refractivity contribution is -0.143. The third-order valence-electron chi connectivity index (χ3n) is 5.51. The summed E-state index contributed by atoms with van der Waals surface area (Å²) in [5, 5.41) is 8.37. The summed E-state index contributed by atoms with van der Waals surface area (Å²) >= 11 is 6.10. The number of nitrogens with one attached hydrogen (secondary N) is 1. The smallest absolute Gasteiger partial charge is 0.338 e. The maximum atomic E-state index is 13.1. The molecule has 1 aliphatic heterocycles. The van der Waals surface area contributed by atoms with E-state index in [1.54, 1.807) is 44.6 Å². The zero-order chi connectivity index (χ0) is 23.7. The Kier molecular flexibility index (Phi) is 6.24. The van der Waals surface area contributed by atoms with Crippen molar-refractivity contribution in [2.75, 3.05) is 7.05 Å². The molecule has 170 valence electrons. The summed E-state index contributed by atoms with van der Waals surface area (Å²) in [6.45, 7) is 5.33. The van der Waals surface area contributed by atoms with Crippen molar-refractivity contribution in [2.24, 2.45) is 0 Å². The first-order valence-electron chi connectivity index (χ1n) is 10.6. The van der Waals surface area contributed by atoms with Gasteiger partial charge in [-0.1, -0.05) is 41.9 Å². The van der Waals surface area contributed by atoms with Crippen LogP contribution in [0.5, 0.6) is 0 Å². The fraction of sp³-hybridized carbons (Fsp3) is 0.240. The van der Waals surface area contributed by atoms with Crippen LogP contribution in [0.3, 0.4) is 0 Å². The maximum absolute atomic E-state index is 13.1. The molecular weight excluding hydrogens is 440 g/mol. The number of aromatic nitrogens is 2. The van der Waals surface area contributed by atoms with E-state index < -0.39 is 12.0 Å². The Hall–Kier alpha value is -3.58. The molecule has 1 atom stereocenters. The average Bonchev–Trinajstić information content (AvgIpc) is 3.23. The summed E-state index contributed by atoms with van der Waals surface area (Å²) < 4.78 is 7.27. The predicted octanol–water partition coefficient (Wildman–Crippen LogP) is 5.11. The zero-order valence-electron chi connectivity index (χ0n) is 18.9. The van der Waals surface area contributed by atoms with Crippen LogP contribution in [-0.4, -0.2) is 39.8 Å². The van der Waals surface area contributed by atoms with Gasteiger partial charge in [0.15, 0.2) is 0 Å². The van der Waals surface area contributed by atoms with Crippen molar-refractivity contribution in [3.63, 3.8) is 0 Å². The van der Waals surface area contributed by atoms with Crippen LogP contribution in [0.1, 0.15) is 32.4 Å². The first-order chi connectivity index (χ1) is 15.8. The SMILES string of the molecule is CC1=C(C(=O)OC(C)C)[C@H](c2cn(-c3ccccc3)nc2-c2ccc(Cl)cc2)NC(=O)N1C. The monoisotopic (exact) mass is 464 g/mol. The highest BCUT2D eigenvalue weighted by Crippen LogP contribution is 2.37. The van der Waals surface area contributed by atoms with Crippen molar-refractivity contribution in [3.05, 3.63) is 82.7 Å². The summed E-state index contributed by atoms with van der Waals surface area (Å²) in [6, 6.07) is 15.9. The van der Waals surface area contributed by atoms with Crippen molar-refractivity contribution in [2.45, 2.75) is 32.9 Å². The van der Waals surface area contributed by atoms with E-state index in [2.05, 4.69) is 5.32 Å². The number of hydrogen-bond donors (Lipinski definition) is 1. The van der Waals surface area contributed by atoms with E-state index in [9.17, 15) is 9.59 Å². The molecule has 7 nitrogen and oxygen atoms in total. The van der Waals surface area contributed by atoms with Gasteiger partial charge < -0.3 is 15.0 Å². The first-order valence-corrected chi connectivity index (χ1v) is 11.0. The van der Waals surface area contributed by atoms with Crippen molar-refractivity contribution in [1.82, 2.24) is 20.0 Å². The predicted molar refractivity (Wildman–Crippen MR) is 127 cm³/mol. The molecule has 0 saturated carbocycles. The second-order valence-electron chi connectivity index (χ2n) is 8.11. The number of halogens is 1. The number of rotatable bonds is 5. The van der Waals surface area contributed by atoms with Gasteiger partial charge in [-0.3, -0.25) is 0 Å². The molecule has 0 radical (unpaired) electrons. The van der Waals surface area contributed by atoms with Gasteiger partial charge in [0.25, 0.3) is 0 Å². The topological polar surface area (TPSA) is 76.5 Å². The molecule has 1 aromatic heterocycles. The van der Waals surface area contributed by atoms with Crippen LogP contribution >= 0.6 is 11.6 Å². The lowest BCUT2D eigenvalue weighted by atomic mass is 9.93. The van der Waals surface area contributed by atoms with Gasteiger partial charge in [-0.15, -0.1) is 0 Å². The number of ether oxygens (including phenoxy) is 1. The number of esters is 1. The van der Waals surface area contributed by atoms with Gasteiger partial charge in [-0.25, -0.2) is 14.3 Å². The van der Waals surface area contributed by atoms with Crippen molar-refractivity contribution >= 4 is 23.6 Å². The minimum absolute atomic E-state index is 0.302. The highest BCUT2D eigenvalue weighted by Gasteiger charge is 2.37. The quantitative estimate of drug-likeness (QED) is 0.532. The number of urea groups is 1. The van der Waals surface area contributed by atoms with E-state index >= 15 is 0 Å². The van der Waals surface area contributed by atoms with Crippen molar-refractivity contribution < 1.29 is 14.3 Å². The van der Waals surface area contributed by atoms with Gasteiger partial charge >= 0.3 is 12.0 Å². The van der Waals surface area contributed by atoms with Crippen LogP contribution in [-0.2, 0) is 9.53 Å². The number of amides is 2. The Balaban J connectivity index is 1.91. The number of nitrogens with zero attached hydrogens (tertiary/aromatic N) is 3. The summed E-state index contributed by atoms with van der Waals surface area (Å²) in [6.07, 6.45) is 1.54. The van der Waals surface area contributed by atoms with Crippen LogP contribution in [0.4, 0.5) is 4.79 Å². The minimum atomic E-state index is -0.733. The molecule has 1 N–H and O–H groups in total. The molecule has 33 heavy (non-hydrogen) atoms. The van der Waals surface area contributed by atoms with Gasteiger partial charge in [0.1, 0.15) is 0 Å². The Labute approximate surface area is 197 Å². The van der Waals surface area contributed by atoms with E-state index in [0.29, 0.717) is 27.6 Å². The van der Waals surface area contributed by atoms with Gasteiger partial charge in [0, 0.05) is 35.1 Å². The Morgan fingerprint density at radius 2 is 1.79 bits per heavy atom. The molecule has 2 heterocycles. The average molecular weight is 465 g/mol. The molecule has 0 unspecified atom stereocenters. The van der Waals surface area contributed by atoms with Gasteiger partial charge in [-0.2, -0.15) is 5.10 Å². The fourth-order valence-electron chi connectivity index (χ4n) is 3.75. The molecule has 0 spiro atoms. The number of hydrogen-bond acceptors (Lipinski definition) is 4. The van der Waals surface area contributed by atoms with E-state index in [4.69, 9.17) is 21.4 Å². The lowest BCUT2D eigenvalue weighted by Gasteiger charge is -2.33. The van der Waals surface area contributed by atoms with Crippen molar-refractivity contribution in [3.8, 4) is 16.9 Å². The Morgan fingerprint density at radius 1 is 1.12 bits per heavy atom. The number of benzene rings is 2. The van der Waals surface area contributed by atoms with Crippen LogP contribution in [0.25, 0.3) is 16.9 Å². The number of carbonyl (C=O) groups is 2. The third-order valence-corrected chi connectivity index (χ3v) is 5.76. The highest BCUT2D eigenvalue weighted by molar-refractivity contribution is 6.30. The number of para-hydroxylation sites is 1. The number of allylic oxidation sites excluding steroid dienone is 1. The molecule has 3 aromatic rings. The second-order valence-corrected chi connectivity index (χ2v) is 8.55. The summed E-state index contributed by atoms with van der Waals surface area (Å²) in [4.78, 5) is 27.3. The number of carbonyl (C=O) groups excluding carboxylic acids is 2. The molecule has 4 rings (SSSR count). The zero-order valence-corrected chi connectivity index (χ0v) is 19.6. The molecule has 0 saturated heterocycles. The maximum Gasteiger partial charge on any atom is 0.338 e. The normalized spacial score (nSPS) is 16.2. The Bertz CT molecular complexity index is 1220. The van der Waals surface area contributed by atoms with Crippen molar-refractivity contribution in [1.29, 1.82) is 0 Å². The van der Waals surface area contributed by atoms with E-state index in [0.717, 1.165) is 11.3 Å². The van der Waals surface area contributed by atoms with E-state index in [1.807, 2.05) is 48.7 Å². The molecule has 8 heteroatoms. The largest absolute Gasteiger partial charge is 0.459 e. The van der Waals surface area contributed by atoms with Crippen LogP contribution in [0, 0.1) is 0 Å². The van der Waals surface area contributed by atoms with Gasteiger partial charge in [0.2, 0.25) is 0 Å². The molecular formula is C25H25ClN4O3. The minimum Gasteiger partial charge on any atom is -0.459 e. The first kappa shape index (κ1) is 22.6. The molecule has 1 aliphatic rings. The highest BCUT2D eigenvalue weighted by atomic mass is 35.5. The molecule has 0 fully saturated rings. The summed E-state index contributed by atoms with van der Waals surface area (Å²) in [5.41, 5.74) is 3.87. The van der Waals surface area contributed by atoms with E-state index in [-0.39, 0.29) is 12.1 Å². The third kappa shape index (κ3) is 4.50. The molecule has 2 aromatic carbocycles. The molecule has 0 aliphatic carbocycles. The van der Waals surface area contributed by atoms with Crippen LogP contribution < -0.4 is 5.32 Å². The Morgan fingerprint density at radius 3 is 2.42 bits per heavy atom. The van der Waals surface area contributed by atoms with Gasteiger partial charge in [0.05, 0.1) is 29.1 Å². The molecule has 0 bridgehead atoms. The summed E-state index contributed by atoms with van der Waals surface area (Å²) in [5.74, 6) is -0.478. The second kappa shape index (κ2) is 9.11. The fourth-order valence-corrected chi connectivity index (χ4v) is 3.88.